The fourth-order valence-electron chi connectivity index (χ4n) is 4.66. The van der Waals surface area contributed by atoms with E-state index in [1.165, 1.54) is 4.68 Å². The largest absolute Gasteiger partial charge is 0.380 e. The van der Waals surface area contributed by atoms with Gasteiger partial charge in [-0.15, -0.1) is 0 Å². The van der Waals surface area contributed by atoms with Crippen molar-refractivity contribution in [3.05, 3.63) is 17.5 Å². The molecule has 8 nitrogen and oxygen atoms in total. The molecule has 4 rings (SSSR count). The van der Waals surface area contributed by atoms with E-state index < -0.39 is 11.5 Å². The van der Waals surface area contributed by atoms with Crippen LogP contribution in [0.1, 0.15) is 72.2 Å². The van der Waals surface area contributed by atoms with Gasteiger partial charge in [0.25, 0.3) is 11.8 Å². The highest BCUT2D eigenvalue weighted by Gasteiger charge is 2.41. The molecule has 3 aliphatic rings. The minimum atomic E-state index is -1.39. The maximum absolute atomic E-state index is 13.2. The van der Waals surface area contributed by atoms with Gasteiger partial charge in [0.2, 0.25) is 0 Å². The Balaban J connectivity index is 1.63. The van der Waals surface area contributed by atoms with Crippen LogP contribution in [-0.2, 0) is 4.74 Å². The van der Waals surface area contributed by atoms with Crippen LogP contribution >= 0.6 is 0 Å². The summed E-state index contributed by atoms with van der Waals surface area (Å²) in [7, 11) is 0. The van der Waals surface area contributed by atoms with E-state index in [0.29, 0.717) is 56.3 Å². The van der Waals surface area contributed by atoms with Crippen molar-refractivity contribution in [1.82, 2.24) is 20.0 Å². The Bertz CT molecular complexity index is 742. The highest BCUT2D eigenvalue weighted by atomic mass is 16.5. The topological polar surface area (TPSA) is 96.7 Å². The van der Waals surface area contributed by atoms with Gasteiger partial charge in [0.1, 0.15) is 5.60 Å². The molecule has 3 fully saturated rings. The summed E-state index contributed by atoms with van der Waals surface area (Å²) in [6.45, 7) is 6.04. The molecule has 2 aliphatic heterocycles. The maximum atomic E-state index is 13.2. The second-order valence-electron chi connectivity index (χ2n) is 8.82. The van der Waals surface area contributed by atoms with E-state index in [1.807, 2.05) is 0 Å². The highest BCUT2D eigenvalue weighted by Crippen LogP contribution is 2.34. The van der Waals surface area contributed by atoms with Gasteiger partial charge in [0, 0.05) is 25.2 Å². The highest BCUT2D eigenvalue weighted by molar-refractivity contribution is 5.97. The zero-order chi connectivity index (χ0) is 20.4. The van der Waals surface area contributed by atoms with Gasteiger partial charge in [-0.05, 0) is 57.5 Å². The van der Waals surface area contributed by atoms with Crippen LogP contribution in [0.5, 0.6) is 0 Å². The zero-order valence-electron chi connectivity index (χ0n) is 17.2. The van der Waals surface area contributed by atoms with Crippen molar-refractivity contribution < 1.29 is 19.4 Å². The van der Waals surface area contributed by atoms with Crippen molar-refractivity contribution in [1.29, 1.82) is 0 Å². The van der Waals surface area contributed by atoms with E-state index in [4.69, 9.17) is 4.74 Å². The molecule has 0 bridgehead atoms. The van der Waals surface area contributed by atoms with Crippen molar-refractivity contribution in [2.45, 2.75) is 57.0 Å². The molecule has 0 atom stereocenters. The van der Waals surface area contributed by atoms with Gasteiger partial charge >= 0.3 is 0 Å². The molecule has 160 valence electrons. The Morgan fingerprint density at radius 2 is 1.83 bits per heavy atom. The third-order valence-corrected chi connectivity index (χ3v) is 6.70. The average Bonchev–Trinajstić information content (AvgIpc) is 3.21. The summed E-state index contributed by atoms with van der Waals surface area (Å²) in [6, 6.07) is 0. The van der Waals surface area contributed by atoms with Crippen molar-refractivity contribution in [3.63, 3.8) is 0 Å². The number of hydrogen-bond donors (Lipinski definition) is 2. The number of carbonyl (C=O) groups is 2. The monoisotopic (exact) mass is 404 g/mol. The van der Waals surface area contributed by atoms with Crippen LogP contribution < -0.4 is 5.32 Å². The van der Waals surface area contributed by atoms with Crippen molar-refractivity contribution in [3.8, 4) is 0 Å². The first-order chi connectivity index (χ1) is 14.0. The molecule has 1 saturated carbocycles. The van der Waals surface area contributed by atoms with Crippen LogP contribution in [0.25, 0.3) is 0 Å². The number of aromatic nitrogens is 2. The van der Waals surface area contributed by atoms with Gasteiger partial charge in [0.05, 0.1) is 24.5 Å². The fourth-order valence-corrected chi connectivity index (χ4v) is 4.66. The predicted molar refractivity (Wildman–Crippen MR) is 107 cm³/mol. The molecular weight excluding hydrogens is 372 g/mol. The maximum Gasteiger partial charge on any atom is 0.278 e. The second kappa shape index (κ2) is 8.53. The lowest BCUT2D eigenvalue weighted by atomic mass is 9.79. The Morgan fingerprint density at radius 3 is 2.48 bits per heavy atom. The number of hydrogen-bond acceptors (Lipinski definition) is 6. The van der Waals surface area contributed by atoms with Gasteiger partial charge in [-0.25, -0.2) is 4.68 Å². The smallest absolute Gasteiger partial charge is 0.278 e. The van der Waals surface area contributed by atoms with Crippen molar-refractivity contribution in [2.24, 2.45) is 5.92 Å². The molecule has 1 amide bonds. The summed E-state index contributed by atoms with van der Waals surface area (Å²) in [5.41, 5.74) is -0.188. The molecule has 3 heterocycles. The molecule has 0 aromatic carbocycles. The number of nitrogens with zero attached hydrogens (tertiary/aromatic N) is 3. The first-order valence-electron chi connectivity index (χ1n) is 10.9. The quantitative estimate of drug-likeness (QED) is 0.791. The summed E-state index contributed by atoms with van der Waals surface area (Å²) in [5, 5.41) is 18.9. The number of carbonyl (C=O) groups excluding carboxylic acids is 2. The van der Waals surface area contributed by atoms with Gasteiger partial charge in [0.15, 0.2) is 0 Å². The number of ether oxygens (including phenoxy) is 1. The van der Waals surface area contributed by atoms with Crippen molar-refractivity contribution >= 4 is 11.8 Å². The molecule has 1 aromatic rings. The third-order valence-electron chi connectivity index (χ3n) is 6.70. The summed E-state index contributed by atoms with van der Waals surface area (Å²) in [4.78, 5) is 28.2. The van der Waals surface area contributed by atoms with Crippen LogP contribution in [-0.4, -0.2) is 76.6 Å². The van der Waals surface area contributed by atoms with Crippen LogP contribution in [0.4, 0.5) is 0 Å². The normalized spacial score (nSPS) is 29.0. The summed E-state index contributed by atoms with van der Waals surface area (Å²) < 4.78 is 6.62. The number of amides is 1. The van der Waals surface area contributed by atoms with Crippen LogP contribution in [0.2, 0.25) is 0 Å². The van der Waals surface area contributed by atoms with Gasteiger partial charge in [-0.2, -0.15) is 5.10 Å². The first-order valence-corrected chi connectivity index (χ1v) is 10.9. The molecule has 0 radical (unpaired) electrons. The SMILES string of the molecule is CC1CCC(O)(C(=O)n2cc(C(=O)N3CCOCC3)c(C3CCNCC3)n2)CC1. The first kappa shape index (κ1) is 20.5. The minimum absolute atomic E-state index is 0.0925. The predicted octanol–water partition coefficient (Wildman–Crippen LogP) is 1.40. The second-order valence-corrected chi connectivity index (χ2v) is 8.82. The molecule has 0 unspecified atom stereocenters. The lowest BCUT2D eigenvalue weighted by molar-refractivity contribution is -0.00510. The standard InChI is InChI=1S/C21H32N4O4/c1-15-2-6-21(28,7-3-15)20(27)25-14-17(19(26)24-10-12-29-13-11-24)18(23-25)16-4-8-22-9-5-16/h14-16,22,28H,2-13H2,1H3. The molecule has 0 spiro atoms. The number of nitrogens with one attached hydrogen (secondary N) is 1. The van der Waals surface area contributed by atoms with E-state index in [2.05, 4.69) is 17.3 Å². The Labute approximate surface area is 171 Å². The Hall–Kier alpha value is -1.77. The van der Waals surface area contributed by atoms with E-state index in [1.54, 1.807) is 11.1 Å². The molecule has 2 N–H and O–H groups in total. The van der Waals surface area contributed by atoms with E-state index in [0.717, 1.165) is 38.8 Å². The Kier molecular flexibility index (Phi) is 6.03. The molecule has 29 heavy (non-hydrogen) atoms. The number of aliphatic hydroxyl groups is 1. The van der Waals surface area contributed by atoms with E-state index >= 15 is 0 Å². The molecule has 8 heteroatoms. The van der Waals surface area contributed by atoms with E-state index in [-0.39, 0.29) is 11.8 Å². The van der Waals surface area contributed by atoms with E-state index in [9.17, 15) is 14.7 Å². The molecule has 1 aromatic heterocycles. The van der Waals surface area contributed by atoms with Crippen LogP contribution in [0, 0.1) is 5.92 Å². The summed E-state index contributed by atoms with van der Waals surface area (Å²) in [5.74, 6) is 0.168. The average molecular weight is 405 g/mol. The molecule has 1 aliphatic carbocycles. The van der Waals surface area contributed by atoms with Gasteiger partial charge < -0.3 is 20.1 Å². The zero-order valence-corrected chi connectivity index (χ0v) is 17.2. The fraction of sp³-hybridized carbons (Fsp3) is 0.762. The lowest BCUT2D eigenvalue weighted by Gasteiger charge is -2.32. The van der Waals surface area contributed by atoms with Crippen LogP contribution in [0.15, 0.2) is 6.20 Å². The number of morpholine rings is 1. The summed E-state index contributed by atoms with van der Waals surface area (Å²) in [6.07, 6.45) is 5.87. The Morgan fingerprint density at radius 1 is 1.17 bits per heavy atom. The number of piperidine rings is 1. The van der Waals surface area contributed by atoms with Crippen LogP contribution in [0.3, 0.4) is 0 Å². The van der Waals surface area contributed by atoms with Gasteiger partial charge in [-0.3, -0.25) is 9.59 Å². The third kappa shape index (κ3) is 4.25. The van der Waals surface area contributed by atoms with Gasteiger partial charge in [-0.1, -0.05) is 6.92 Å². The molecule has 2 saturated heterocycles. The lowest BCUT2D eigenvalue weighted by Crippen LogP contribution is -2.45. The number of rotatable bonds is 3. The summed E-state index contributed by atoms with van der Waals surface area (Å²) >= 11 is 0. The minimum Gasteiger partial charge on any atom is -0.380 e. The van der Waals surface area contributed by atoms with Crippen molar-refractivity contribution in [2.75, 3.05) is 39.4 Å². The molecular formula is C21H32N4O4.